The molecule has 0 saturated carbocycles. The number of sulfone groups is 1. The van der Waals surface area contributed by atoms with E-state index in [9.17, 15) is 18.0 Å². The van der Waals surface area contributed by atoms with Crippen molar-refractivity contribution in [3.05, 3.63) is 40.8 Å². The van der Waals surface area contributed by atoms with Crippen molar-refractivity contribution in [1.82, 2.24) is 4.98 Å². The number of hydrogen-bond acceptors (Lipinski definition) is 8. The summed E-state index contributed by atoms with van der Waals surface area (Å²) in [5, 5.41) is 3.01. The first kappa shape index (κ1) is 20.4. The molecule has 1 N–H and O–H groups in total. The van der Waals surface area contributed by atoms with Crippen LogP contribution in [-0.2, 0) is 19.4 Å². The first-order valence-electron chi connectivity index (χ1n) is 8.46. The Morgan fingerprint density at radius 3 is 2.54 bits per heavy atom. The topological polar surface area (TPSA) is 102 Å². The summed E-state index contributed by atoms with van der Waals surface area (Å²) in [6.07, 6.45) is -0.169. The minimum atomic E-state index is -3.52. The second-order valence-corrected chi connectivity index (χ2v) is 9.97. The fourth-order valence-electron chi connectivity index (χ4n) is 2.49. The van der Waals surface area contributed by atoms with Crippen LogP contribution in [0.2, 0.25) is 0 Å². The standard InChI is InChI=1S/C18H18N2O5S3/c1-3-25-17(22)15-11(2)14-16(26-15)20-18(27-14)19-13(21)9-10-28(23,24)12-7-5-4-6-8-12/h4-8H,3,9-10H2,1-2H3,(H,19,20,21). The Bertz CT molecular complexity index is 1120. The number of aryl methyl sites for hydroxylation is 1. The van der Waals surface area contributed by atoms with Crippen LogP contribution in [0.25, 0.3) is 9.53 Å². The highest BCUT2D eigenvalue weighted by molar-refractivity contribution is 7.91. The zero-order chi connectivity index (χ0) is 20.3. The lowest BCUT2D eigenvalue weighted by Crippen LogP contribution is -2.17. The second kappa shape index (κ2) is 8.38. The smallest absolute Gasteiger partial charge is 0.348 e. The average Bonchev–Trinajstić information content (AvgIpc) is 3.20. The third-order valence-electron chi connectivity index (χ3n) is 3.88. The van der Waals surface area contributed by atoms with Gasteiger partial charge in [0.25, 0.3) is 0 Å². The molecule has 2 aromatic heterocycles. The number of carbonyl (C=O) groups is 2. The Hall–Kier alpha value is -2.30. The number of thiophene rings is 1. The molecule has 0 aliphatic carbocycles. The Labute approximate surface area is 170 Å². The van der Waals surface area contributed by atoms with Crippen molar-refractivity contribution in [3.8, 4) is 0 Å². The van der Waals surface area contributed by atoms with Gasteiger partial charge in [0.15, 0.2) is 15.0 Å². The van der Waals surface area contributed by atoms with Crippen molar-refractivity contribution in [2.75, 3.05) is 17.7 Å². The molecule has 7 nitrogen and oxygen atoms in total. The minimum Gasteiger partial charge on any atom is -0.462 e. The van der Waals surface area contributed by atoms with Gasteiger partial charge in [0.05, 0.1) is 22.0 Å². The van der Waals surface area contributed by atoms with Crippen molar-refractivity contribution in [3.63, 3.8) is 0 Å². The van der Waals surface area contributed by atoms with Gasteiger partial charge in [-0.2, -0.15) is 0 Å². The Morgan fingerprint density at radius 1 is 1.18 bits per heavy atom. The minimum absolute atomic E-state index is 0.169. The summed E-state index contributed by atoms with van der Waals surface area (Å²) in [6.45, 7) is 3.85. The second-order valence-electron chi connectivity index (χ2n) is 5.86. The number of thiazole rings is 1. The molecule has 3 aromatic rings. The van der Waals surface area contributed by atoms with Crippen molar-refractivity contribution >= 4 is 59.0 Å². The fourth-order valence-corrected chi connectivity index (χ4v) is 5.98. The number of nitrogens with zero attached hydrogens (tertiary/aromatic N) is 1. The average molecular weight is 439 g/mol. The number of aromatic nitrogens is 1. The Kier molecular flexibility index (Phi) is 6.11. The molecule has 0 aliphatic heterocycles. The number of esters is 1. The predicted molar refractivity (Wildman–Crippen MR) is 110 cm³/mol. The largest absolute Gasteiger partial charge is 0.462 e. The maximum Gasteiger partial charge on any atom is 0.348 e. The molecule has 0 spiro atoms. The molecular weight excluding hydrogens is 420 g/mol. The maximum absolute atomic E-state index is 12.3. The van der Waals surface area contributed by atoms with Gasteiger partial charge in [-0.3, -0.25) is 4.79 Å². The zero-order valence-electron chi connectivity index (χ0n) is 15.2. The van der Waals surface area contributed by atoms with Crippen LogP contribution in [0.15, 0.2) is 35.2 Å². The third kappa shape index (κ3) is 4.40. The van der Waals surface area contributed by atoms with Crippen molar-refractivity contribution in [1.29, 1.82) is 0 Å². The van der Waals surface area contributed by atoms with Gasteiger partial charge in [0.1, 0.15) is 9.71 Å². The van der Waals surface area contributed by atoms with Gasteiger partial charge in [-0.15, -0.1) is 11.3 Å². The van der Waals surface area contributed by atoms with Gasteiger partial charge in [-0.1, -0.05) is 29.5 Å². The molecular formula is C18H18N2O5S3. The number of amides is 1. The number of hydrogen-bond donors (Lipinski definition) is 1. The molecule has 1 aromatic carbocycles. The fraction of sp³-hybridized carbons (Fsp3) is 0.278. The highest BCUT2D eigenvalue weighted by Crippen LogP contribution is 2.37. The number of nitrogens with one attached hydrogen (secondary N) is 1. The first-order chi connectivity index (χ1) is 13.3. The van der Waals surface area contributed by atoms with Crippen LogP contribution in [0.3, 0.4) is 0 Å². The number of anilines is 1. The lowest BCUT2D eigenvalue weighted by atomic mass is 10.3. The molecule has 10 heteroatoms. The lowest BCUT2D eigenvalue weighted by molar-refractivity contribution is -0.115. The molecule has 3 rings (SSSR count). The summed E-state index contributed by atoms with van der Waals surface area (Å²) in [6, 6.07) is 8.03. The summed E-state index contributed by atoms with van der Waals surface area (Å²) < 4.78 is 30.3. The van der Waals surface area contributed by atoms with Gasteiger partial charge in [-0.05, 0) is 31.5 Å². The highest BCUT2D eigenvalue weighted by Gasteiger charge is 2.21. The van der Waals surface area contributed by atoms with E-state index in [1.54, 1.807) is 32.0 Å². The third-order valence-corrected chi connectivity index (χ3v) is 8.00. The van der Waals surface area contributed by atoms with Gasteiger partial charge in [-0.25, -0.2) is 18.2 Å². The summed E-state index contributed by atoms with van der Waals surface area (Å²) in [7, 11) is -3.52. The number of ether oxygens (including phenoxy) is 1. The summed E-state index contributed by atoms with van der Waals surface area (Å²) >= 11 is 2.46. The molecule has 0 bridgehead atoms. The summed E-state index contributed by atoms with van der Waals surface area (Å²) in [4.78, 5) is 29.7. The molecule has 148 valence electrons. The van der Waals surface area contributed by atoms with Crippen LogP contribution >= 0.6 is 22.7 Å². The molecule has 0 aliphatic rings. The van der Waals surface area contributed by atoms with Gasteiger partial charge < -0.3 is 10.1 Å². The molecule has 1 amide bonds. The van der Waals surface area contributed by atoms with Crippen LogP contribution < -0.4 is 5.32 Å². The number of benzene rings is 1. The van der Waals surface area contributed by atoms with Crippen LogP contribution in [-0.4, -0.2) is 37.6 Å². The van der Waals surface area contributed by atoms with Gasteiger partial charge >= 0.3 is 5.97 Å². The quantitative estimate of drug-likeness (QED) is 0.565. The van der Waals surface area contributed by atoms with Crippen LogP contribution in [0, 0.1) is 6.92 Å². The van der Waals surface area contributed by atoms with Crippen LogP contribution in [0.5, 0.6) is 0 Å². The van der Waals surface area contributed by atoms with E-state index in [-0.39, 0.29) is 23.0 Å². The number of carbonyl (C=O) groups excluding carboxylic acids is 2. The zero-order valence-corrected chi connectivity index (χ0v) is 17.7. The van der Waals surface area contributed by atoms with E-state index in [1.807, 2.05) is 0 Å². The SMILES string of the molecule is CCOC(=O)c1sc2nc(NC(=O)CCS(=O)(=O)c3ccccc3)sc2c1C. The van der Waals surface area contributed by atoms with Crippen molar-refractivity contribution in [2.24, 2.45) is 0 Å². The molecule has 28 heavy (non-hydrogen) atoms. The molecule has 0 atom stereocenters. The van der Waals surface area contributed by atoms with Crippen molar-refractivity contribution < 1.29 is 22.7 Å². The van der Waals surface area contributed by atoms with Crippen LogP contribution in [0.1, 0.15) is 28.6 Å². The summed E-state index contributed by atoms with van der Waals surface area (Å²) in [5.41, 5.74) is 0.767. The van der Waals surface area contributed by atoms with Crippen molar-refractivity contribution in [2.45, 2.75) is 25.2 Å². The maximum atomic E-state index is 12.3. The summed E-state index contributed by atoms with van der Waals surface area (Å²) in [5.74, 6) is -1.09. The highest BCUT2D eigenvalue weighted by atomic mass is 32.2. The van der Waals surface area contributed by atoms with Gasteiger partial charge in [0.2, 0.25) is 5.91 Å². The van der Waals surface area contributed by atoms with E-state index >= 15 is 0 Å². The van der Waals surface area contributed by atoms with E-state index in [4.69, 9.17) is 4.74 Å². The normalized spacial score (nSPS) is 11.5. The molecule has 0 unspecified atom stereocenters. The number of fused-ring (bicyclic) bond motifs is 1. The van der Waals surface area contributed by atoms with E-state index < -0.39 is 15.7 Å². The predicted octanol–water partition coefficient (Wildman–Crippen LogP) is 3.65. The van der Waals surface area contributed by atoms with E-state index in [0.29, 0.717) is 21.4 Å². The Balaban J connectivity index is 1.66. The number of rotatable bonds is 7. The molecule has 0 fully saturated rings. The lowest BCUT2D eigenvalue weighted by Gasteiger charge is -2.04. The first-order valence-corrected chi connectivity index (χ1v) is 11.7. The monoisotopic (exact) mass is 438 g/mol. The van der Waals surface area contributed by atoms with E-state index in [0.717, 1.165) is 10.3 Å². The van der Waals surface area contributed by atoms with Crippen LogP contribution in [0.4, 0.5) is 5.13 Å². The molecule has 0 radical (unpaired) electrons. The molecule has 0 saturated heterocycles. The van der Waals surface area contributed by atoms with E-state index in [2.05, 4.69) is 10.3 Å². The molecule has 2 heterocycles. The van der Waals surface area contributed by atoms with Gasteiger partial charge in [0, 0.05) is 6.42 Å². The van der Waals surface area contributed by atoms with E-state index in [1.165, 1.54) is 34.8 Å². The Morgan fingerprint density at radius 2 is 1.89 bits per heavy atom.